The number of aromatic nitrogens is 3. The molecule has 0 aliphatic heterocycles. The summed E-state index contributed by atoms with van der Waals surface area (Å²) in [6, 6.07) is -0.0695. The van der Waals surface area contributed by atoms with Crippen LogP contribution in [0.3, 0.4) is 0 Å². The molecule has 0 fully saturated rings. The Kier molecular flexibility index (Phi) is 3.15. The molecule has 1 unspecified atom stereocenters. The van der Waals surface area contributed by atoms with Crippen LogP contribution in [-0.4, -0.2) is 21.5 Å². The average molecular weight is 170 g/mol. The van der Waals surface area contributed by atoms with Gasteiger partial charge >= 0.3 is 0 Å². The van der Waals surface area contributed by atoms with E-state index in [-0.39, 0.29) is 6.04 Å². The molecule has 6 nitrogen and oxygen atoms in total. The summed E-state index contributed by atoms with van der Waals surface area (Å²) in [5, 5.41) is 7.64. The third-order valence-corrected chi connectivity index (χ3v) is 1.74. The van der Waals surface area contributed by atoms with Crippen LogP contribution in [0.4, 0.5) is 0 Å². The third-order valence-electron chi connectivity index (χ3n) is 1.74. The summed E-state index contributed by atoms with van der Waals surface area (Å²) in [6.07, 6.45) is 1.67. The van der Waals surface area contributed by atoms with Gasteiger partial charge < -0.3 is 5.73 Å². The highest BCUT2D eigenvalue weighted by Gasteiger charge is 2.12. The van der Waals surface area contributed by atoms with Crippen molar-refractivity contribution in [2.75, 3.05) is 6.54 Å². The molecular weight excluding hydrogens is 156 g/mol. The number of hydrazine groups is 1. The third kappa shape index (κ3) is 1.60. The summed E-state index contributed by atoms with van der Waals surface area (Å²) in [7, 11) is 0. The van der Waals surface area contributed by atoms with Crippen molar-refractivity contribution in [3.05, 3.63) is 11.9 Å². The van der Waals surface area contributed by atoms with Crippen LogP contribution in [0.25, 0.3) is 0 Å². The van der Waals surface area contributed by atoms with Gasteiger partial charge in [0.2, 0.25) is 0 Å². The fraction of sp³-hybridized carbons (Fsp3) is 0.667. The maximum absolute atomic E-state index is 5.49. The molecule has 0 radical (unpaired) electrons. The van der Waals surface area contributed by atoms with Crippen LogP contribution in [0.1, 0.15) is 18.7 Å². The minimum absolute atomic E-state index is 0.0695. The highest BCUT2D eigenvalue weighted by molar-refractivity contribution is 5.01. The van der Waals surface area contributed by atoms with E-state index in [1.54, 1.807) is 10.9 Å². The molecule has 0 aliphatic carbocycles. The van der Waals surface area contributed by atoms with E-state index in [9.17, 15) is 0 Å². The highest BCUT2D eigenvalue weighted by atomic mass is 15.4. The fourth-order valence-corrected chi connectivity index (χ4v) is 1.06. The van der Waals surface area contributed by atoms with Crippen molar-refractivity contribution in [3.8, 4) is 0 Å². The van der Waals surface area contributed by atoms with Crippen molar-refractivity contribution in [2.24, 2.45) is 11.6 Å². The van der Waals surface area contributed by atoms with E-state index in [1.807, 2.05) is 6.92 Å². The number of aryl methyl sites for hydroxylation is 1. The van der Waals surface area contributed by atoms with E-state index in [2.05, 4.69) is 15.7 Å². The Labute approximate surface area is 70.9 Å². The summed E-state index contributed by atoms with van der Waals surface area (Å²) in [5.41, 5.74) is 9.01. The molecule has 0 aliphatic rings. The molecule has 1 aromatic heterocycles. The zero-order valence-corrected chi connectivity index (χ0v) is 7.07. The topological polar surface area (TPSA) is 94.8 Å². The van der Waals surface area contributed by atoms with E-state index >= 15 is 0 Å². The molecule has 12 heavy (non-hydrogen) atoms. The highest BCUT2D eigenvalue weighted by Crippen LogP contribution is 2.07. The Hall–Kier alpha value is -0.980. The van der Waals surface area contributed by atoms with Crippen LogP contribution in [0, 0.1) is 0 Å². The van der Waals surface area contributed by atoms with Gasteiger partial charge in [-0.25, -0.2) is 4.68 Å². The van der Waals surface area contributed by atoms with Gasteiger partial charge in [-0.3, -0.25) is 11.3 Å². The molecule has 0 amide bonds. The first kappa shape index (κ1) is 9.11. The number of nitrogens with zero attached hydrogens (tertiary/aromatic N) is 3. The molecule has 0 aromatic carbocycles. The van der Waals surface area contributed by atoms with Crippen molar-refractivity contribution in [1.29, 1.82) is 0 Å². The van der Waals surface area contributed by atoms with Crippen LogP contribution in [0.5, 0.6) is 0 Å². The maximum atomic E-state index is 5.49. The van der Waals surface area contributed by atoms with E-state index in [4.69, 9.17) is 11.6 Å². The molecule has 1 rings (SSSR count). The summed E-state index contributed by atoms with van der Waals surface area (Å²) in [6.45, 7) is 3.19. The minimum atomic E-state index is -0.0695. The van der Waals surface area contributed by atoms with Crippen LogP contribution < -0.4 is 17.0 Å². The summed E-state index contributed by atoms with van der Waals surface area (Å²) in [4.78, 5) is 0. The van der Waals surface area contributed by atoms with Crippen molar-refractivity contribution in [1.82, 2.24) is 20.4 Å². The molecule has 1 heterocycles. The average Bonchev–Trinajstić information content (AvgIpc) is 2.55. The van der Waals surface area contributed by atoms with Gasteiger partial charge in [-0.1, -0.05) is 5.21 Å². The second kappa shape index (κ2) is 4.15. The Balaban J connectivity index is 2.83. The quantitative estimate of drug-likeness (QED) is 0.388. The number of nitrogens with two attached hydrogens (primary N) is 2. The Morgan fingerprint density at radius 3 is 3.00 bits per heavy atom. The van der Waals surface area contributed by atoms with Crippen molar-refractivity contribution < 1.29 is 0 Å². The Morgan fingerprint density at radius 1 is 1.75 bits per heavy atom. The second-order valence-electron chi connectivity index (χ2n) is 2.43. The van der Waals surface area contributed by atoms with Crippen LogP contribution in [0.2, 0.25) is 0 Å². The molecule has 0 bridgehead atoms. The first-order valence-corrected chi connectivity index (χ1v) is 3.88. The van der Waals surface area contributed by atoms with Gasteiger partial charge in [-0.05, 0) is 6.92 Å². The molecule has 68 valence electrons. The smallest absolute Gasteiger partial charge is 0.0782 e. The molecule has 0 saturated carbocycles. The van der Waals surface area contributed by atoms with Gasteiger partial charge in [-0.15, -0.1) is 5.10 Å². The van der Waals surface area contributed by atoms with Gasteiger partial charge in [0.1, 0.15) is 0 Å². The maximum Gasteiger partial charge on any atom is 0.0782 e. The number of hydrogen-bond acceptors (Lipinski definition) is 5. The summed E-state index contributed by atoms with van der Waals surface area (Å²) < 4.78 is 1.76. The largest absolute Gasteiger partial charge is 0.328 e. The number of rotatable bonds is 4. The lowest BCUT2D eigenvalue weighted by atomic mass is 10.2. The number of nitrogens with one attached hydrogen (secondary N) is 1. The second-order valence-corrected chi connectivity index (χ2v) is 2.43. The lowest BCUT2D eigenvalue weighted by molar-refractivity contribution is 0.496. The van der Waals surface area contributed by atoms with E-state index in [1.165, 1.54) is 0 Å². The predicted octanol–water partition coefficient (Wildman–Crippen LogP) is -1.24. The Morgan fingerprint density at radius 2 is 2.50 bits per heavy atom. The number of hydrogen-bond donors (Lipinski definition) is 3. The van der Waals surface area contributed by atoms with Crippen LogP contribution >= 0.6 is 0 Å². The van der Waals surface area contributed by atoms with Gasteiger partial charge in [0.05, 0.1) is 17.9 Å². The van der Waals surface area contributed by atoms with Gasteiger partial charge in [0, 0.05) is 13.1 Å². The van der Waals surface area contributed by atoms with Gasteiger partial charge in [0.15, 0.2) is 0 Å². The van der Waals surface area contributed by atoms with E-state index in [0.717, 1.165) is 12.2 Å². The van der Waals surface area contributed by atoms with Gasteiger partial charge in [0.25, 0.3) is 0 Å². The first-order valence-electron chi connectivity index (χ1n) is 3.88. The molecule has 5 N–H and O–H groups in total. The molecule has 0 saturated heterocycles. The zero-order chi connectivity index (χ0) is 8.97. The Bertz CT molecular complexity index is 228. The van der Waals surface area contributed by atoms with E-state index < -0.39 is 0 Å². The van der Waals surface area contributed by atoms with Crippen molar-refractivity contribution in [2.45, 2.75) is 19.5 Å². The normalized spacial score (nSPS) is 13.2. The van der Waals surface area contributed by atoms with Crippen molar-refractivity contribution in [3.63, 3.8) is 0 Å². The lowest BCUT2D eigenvalue weighted by Crippen LogP contribution is -2.34. The zero-order valence-electron chi connectivity index (χ0n) is 7.07. The van der Waals surface area contributed by atoms with Crippen LogP contribution in [0.15, 0.2) is 6.20 Å². The lowest BCUT2D eigenvalue weighted by Gasteiger charge is -2.13. The molecule has 1 aromatic rings. The predicted molar refractivity (Wildman–Crippen MR) is 44.8 cm³/mol. The standard InChI is InChI=1S/C6H14N6/c1-2-12-6(4-9-11-12)5(3-7)10-8/h4-5,10H,2-3,7-8H2,1H3. The molecule has 6 heteroatoms. The monoisotopic (exact) mass is 170 g/mol. The summed E-state index contributed by atoms with van der Waals surface area (Å²) >= 11 is 0. The molecular formula is C6H14N6. The SMILES string of the molecule is CCn1nncc1C(CN)NN. The molecule has 0 spiro atoms. The fourth-order valence-electron chi connectivity index (χ4n) is 1.06. The van der Waals surface area contributed by atoms with E-state index in [0.29, 0.717) is 6.54 Å². The molecule has 1 atom stereocenters. The summed E-state index contributed by atoms with van der Waals surface area (Å²) in [5.74, 6) is 5.30. The minimum Gasteiger partial charge on any atom is -0.328 e. The van der Waals surface area contributed by atoms with Gasteiger partial charge in [-0.2, -0.15) is 0 Å². The first-order chi connectivity index (χ1) is 5.83. The van der Waals surface area contributed by atoms with Crippen LogP contribution in [-0.2, 0) is 6.54 Å². The van der Waals surface area contributed by atoms with Crippen molar-refractivity contribution >= 4 is 0 Å².